The highest BCUT2D eigenvalue weighted by Crippen LogP contribution is 2.31. The average Bonchev–Trinajstić information content (AvgIpc) is 2.67. The van der Waals surface area contributed by atoms with Crippen LogP contribution in [0, 0.1) is 0 Å². The first-order chi connectivity index (χ1) is 8.78. The Morgan fingerprint density at radius 3 is 2.44 bits per heavy atom. The van der Waals surface area contributed by atoms with Crippen molar-refractivity contribution < 1.29 is 4.74 Å². The van der Waals surface area contributed by atoms with Gasteiger partial charge >= 0.3 is 0 Å². The Kier molecular flexibility index (Phi) is 5.46. The maximum absolute atomic E-state index is 6.09. The third-order valence-corrected chi connectivity index (χ3v) is 4.89. The largest absolute Gasteiger partial charge is 0.381 e. The second kappa shape index (κ2) is 6.88. The van der Waals surface area contributed by atoms with Crippen molar-refractivity contribution in [3.8, 4) is 0 Å². The first kappa shape index (κ1) is 14.3. The van der Waals surface area contributed by atoms with Crippen LogP contribution in [0.5, 0.6) is 0 Å². The second-order valence-corrected chi connectivity index (χ2v) is 6.27. The Morgan fingerprint density at radius 2 is 1.83 bits per heavy atom. The summed E-state index contributed by atoms with van der Waals surface area (Å²) in [6, 6.07) is 0.687. The molecule has 2 unspecified atom stereocenters. The van der Waals surface area contributed by atoms with Crippen LogP contribution in [0.25, 0.3) is 0 Å². The lowest BCUT2D eigenvalue weighted by molar-refractivity contribution is 0.0285. The fourth-order valence-electron chi connectivity index (χ4n) is 3.74. The van der Waals surface area contributed by atoms with Crippen LogP contribution >= 0.6 is 0 Å². The Bertz CT molecular complexity index is 239. The summed E-state index contributed by atoms with van der Waals surface area (Å²) in [5.41, 5.74) is 6.24. The van der Waals surface area contributed by atoms with Gasteiger partial charge in [-0.3, -0.25) is 0 Å². The van der Waals surface area contributed by atoms with Gasteiger partial charge in [0.2, 0.25) is 0 Å². The van der Waals surface area contributed by atoms with Gasteiger partial charge in [-0.05, 0) is 38.5 Å². The van der Waals surface area contributed by atoms with Crippen LogP contribution in [0.3, 0.4) is 0 Å². The van der Waals surface area contributed by atoms with E-state index < -0.39 is 0 Å². The number of methoxy groups -OCH3 is 1. The van der Waals surface area contributed by atoms with Crippen molar-refractivity contribution in [2.45, 2.75) is 81.9 Å². The molecule has 2 aliphatic rings. The summed E-state index contributed by atoms with van der Waals surface area (Å²) < 4.78 is 5.57. The highest BCUT2D eigenvalue weighted by molar-refractivity contribution is 4.97. The summed E-state index contributed by atoms with van der Waals surface area (Å²) in [4.78, 5) is 0. The molecule has 3 N–H and O–H groups in total. The van der Waals surface area contributed by atoms with Crippen LogP contribution in [0.15, 0.2) is 0 Å². The van der Waals surface area contributed by atoms with Crippen LogP contribution < -0.4 is 11.1 Å². The first-order valence-corrected chi connectivity index (χ1v) is 7.78. The Labute approximate surface area is 112 Å². The molecule has 2 aliphatic carbocycles. The monoisotopic (exact) mass is 254 g/mol. The highest BCUT2D eigenvalue weighted by atomic mass is 16.5. The van der Waals surface area contributed by atoms with Gasteiger partial charge in [0, 0.05) is 25.2 Å². The summed E-state index contributed by atoms with van der Waals surface area (Å²) in [5.74, 6) is 0. The molecule has 2 rings (SSSR count). The van der Waals surface area contributed by atoms with Gasteiger partial charge in [-0.1, -0.05) is 25.7 Å². The van der Waals surface area contributed by atoms with E-state index in [9.17, 15) is 0 Å². The first-order valence-electron chi connectivity index (χ1n) is 7.78. The lowest BCUT2D eigenvalue weighted by Crippen LogP contribution is -2.58. The van der Waals surface area contributed by atoms with Crippen molar-refractivity contribution in [2.24, 2.45) is 5.73 Å². The minimum atomic E-state index is 0.147. The number of ether oxygens (including phenoxy) is 1. The third-order valence-electron chi connectivity index (χ3n) is 4.89. The van der Waals surface area contributed by atoms with E-state index in [0.717, 1.165) is 13.0 Å². The Morgan fingerprint density at radius 1 is 1.11 bits per heavy atom. The normalized spacial score (nSPS) is 35.3. The number of hydrogen-bond acceptors (Lipinski definition) is 3. The van der Waals surface area contributed by atoms with E-state index in [0.29, 0.717) is 12.1 Å². The minimum absolute atomic E-state index is 0.147. The quantitative estimate of drug-likeness (QED) is 0.758. The van der Waals surface area contributed by atoms with E-state index in [2.05, 4.69) is 5.32 Å². The molecule has 3 heteroatoms. The molecule has 2 fully saturated rings. The van der Waals surface area contributed by atoms with Crippen LogP contribution in [0.2, 0.25) is 0 Å². The van der Waals surface area contributed by atoms with E-state index in [1.165, 1.54) is 57.8 Å². The number of hydrogen-bond donors (Lipinski definition) is 2. The molecule has 0 amide bonds. The number of nitrogens with two attached hydrogens (primary N) is 1. The van der Waals surface area contributed by atoms with Crippen LogP contribution in [-0.4, -0.2) is 31.3 Å². The second-order valence-electron chi connectivity index (χ2n) is 6.27. The van der Waals surface area contributed by atoms with Gasteiger partial charge in [0.25, 0.3) is 0 Å². The highest BCUT2D eigenvalue weighted by Gasteiger charge is 2.36. The molecule has 0 bridgehead atoms. The van der Waals surface area contributed by atoms with Gasteiger partial charge < -0.3 is 15.8 Å². The maximum atomic E-state index is 6.09. The molecular formula is C15H30N2O. The zero-order valence-electron chi connectivity index (χ0n) is 11.9. The van der Waals surface area contributed by atoms with Gasteiger partial charge in [-0.25, -0.2) is 0 Å². The van der Waals surface area contributed by atoms with Crippen molar-refractivity contribution in [1.29, 1.82) is 0 Å². The van der Waals surface area contributed by atoms with E-state index in [4.69, 9.17) is 10.5 Å². The molecule has 3 nitrogen and oxygen atoms in total. The third kappa shape index (κ3) is 3.69. The minimum Gasteiger partial charge on any atom is -0.381 e. The Hall–Kier alpha value is -0.120. The van der Waals surface area contributed by atoms with Crippen LogP contribution in [0.1, 0.15) is 64.2 Å². The zero-order chi connectivity index (χ0) is 12.8. The van der Waals surface area contributed by atoms with Crippen LogP contribution in [-0.2, 0) is 4.74 Å². The molecule has 2 atom stereocenters. The van der Waals surface area contributed by atoms with Gasteiger partial charge in [-0.2, -0.15) is 0 Å². The van der Waals surface area contributed by atoms with E-state index in [1.54, 1.807) is 0 Å². The van der Waals surface area contributed by atoms with Crippen molar-refractivity contribution in [3.05, 3.63) is 0 Å². The lowest BCUT2D eigenvalue weighted by Gasteiger charge is -2.43. The van der Waals surface area contributed by atoms with Crippen LogP contribution in [0.4, 0.5) is 0 Å². The molecule has 0 heterocycles. The topological polar surface area (TPSA) is 47.3 Å². The SMILES string of the molecule is COC1CCCC(CN)(NC2CCCCCC2)C1. The van der Waals surface area contributed by atoms with E-state index >= 15 is 0 Å². The molecule has 0 aromatic heterocycles. The smallest absolute Gasteiger partial charge is 0.0589 e. The fraction of sp³-hybridized carbons (Fsp3) is 1.00. The van der Waals surface area contributed by atoms with Crippen molar-refractivity contribution in [1.82, 2.24) is 5.32 Å². The van der Waals surface area contributed by atoms with Crippen molar-refractivity contribution in [3.63, 3.8) is 0 Å². The molecule has 0 aliphatic heterocycles. The van der Waals surface area contributed by atoms with Gasteiger partial charge in [0.05, 0.1) is 6.10 Å². The summed E-state index contributed by atoms with van der Waals surface area (Å²) in [6.45, 7) is 0.753. The molecule has 2 saturated carbocycles. The van der Waals surface area contributed by atoms with Gasteiger partial charge in [0.15, 0.2) is 0 Å². The molecule has 0 aromatic carbocycles. The molecule has 0 spiro atoms. The summed E-state index contributed by atoms with van der Waals surface area (Å²) in [7, 11) is 1.84. The predicted molar refractivity (Wildman–Crippen MR) is 75.7 cm³/mol. The average molecular weight is 254 g/mol. The van der Waals surface area contributed by atoms with Crippen molar-refractivity contribution >= 4 is 0 Å². The molecular weight excluding hydrogens is 224 g/mol. The molecule has 0 saturated heterocycles. The summed E-state index contributed by atoms with van der Waals surface area (Å²) >= 11 is 0. The van der Waals surface area contributed by atoms with Gasteiger partial charge in [-0.15, -0.1) is 0 Å². The molecule has 18 heavy (non-hydrogen) atoms. The van der Waals surface area contributed by atoms with E-state index in [1.807, 2.05) is 7.11 Å². The Balaban J connectivity index is 1.93. The molecule has 0 radical (unpaired) electrons. The number of nitrogens with one attached hydrogen (secondary N) is 1. The molecule has 0 aromatic rings. The zero-order valence-corrected chi connectivity index (χ0v) is 11.9. The molecule has 106 valence electrons. The number of rotatable bonds is 4. The van der Waals surface area contributed by atoms with Gasteiger partial charge in [0.1, 0.15) is 0 Å². The fourth-order valence-corrected chi connectivity index (χ4v) is 3.74. The summed E-state index contributed by atoms with van der Waals surface area (Å²) in [6.07, 6.45) is 13.4. The van der Waals surface area contributed by atoms with Crippen molar-refractivity contribution in [2.75, 3.05) is 13.7 Å². The lowest BCUT2D eigenvalue weighted by atomic mass is 9.79. The van der Waals surface area contributed by atoms with E-state index in [-0.39, 0.29) is 5.54 Å². The predicted octanol–water partition coefficient (Wildman–Crippen LogP) is 2.59. The summed E-state index contributed by atoms with van der Waals surface area (Å²) in [5, 5.41) is 3.92. The standard InChI is InChI=1S/C15H30N2O/c1-18-14-9-6-10-15(11-14,12-16)17-13-7-4-2-3-5-8-13/h13-14,17H,2-12,16H2,1H3. The maximum Gasteiger partial charge on any atom is 0.0589 e.